The van der Waals surface area contributed by atoms with Gasteiger partial charge in [-0.3, -0.25) is 0 Å². The third-order valence-corrected chi connectivity index (χ3v) is 3.81. The molecule has 8 nitrogen and oxygen atoms in total. The van der Waals surface area contributed by atoms with Crippen molar-refractivity contribution in [3.8, 4) is 11.6 Å². The van der Waals surface area contributed by atoms with E-state index in [4.69, 9.17) is 9.15 Å². The average molecular weight is 367 g/mol. The number of aromatic nitrogens is 4. The minimum Gasteiger partial charge on any atom is -0.461 e. The van der Waals surface area contributed by atoms with E-state index in [0.717, 1.165) is 0 Å². The summed E-state index contributed by atoms with van der Waals surface area (Å²) in [6.45, 7) is -0.0737. The largest absolute Gasteiger partial charge is 0.461 e. The second kappa shape index (κ2) is 6.87. The molecule has 4 rings (SSSR count). The van der Waals surface area contributed by atoms with E-state index in [2.05, 4.69) is 20.4 Å². The number of nitrogens with one attached hydrogen (secondary N) is 1. The molecule has 27 heavy (non-hydrogen) atoms. The van der Waals surface area contributed by atoms with Crippen molar-refractivity contribution in [1.82, 2.24) is 19.6 Å². The maximum Gasteiger partial charge on any atom is 0.343 e. The zero-order chi connectivity index (χ0) is 18.8. The van der Waals surface area contributed by atoms with Crippen LogP contribution in [-0.2, 0) is 11.3 Å². The molecule has 9 heteroatoms. The van der Waals surface area contributed by atoms with Crippen molar-refractivity contribution in [2.75, 3.05) is 12.4 Å². The lowest BCUT2D eigenvalue weighted by Crippen LogP contribution is -2.11. The number of carbonyl (C=O) groups is 1. The summed E-state index contributed by atoms with van der Waals surface area (Å²) in [5, 5.41) is 7.21. The highest BCUT2D eigenvalue weighted by Crippen LogP contribution is 2.21. The average Bonchev–Trinajstić information content (AvgIpc) is 3.34. The first kappa shape index (κ1) is 16.7. The molecule has 0 saturated carbocycles. The normalized spacial score (nSPS) is 10.9. The number of nitrogens with zero attached hydrogens (tertiary/aromatic N) is 4. The van der Waals surface area contributed by atoms with Crippen molar-refractivity contribution in [1.29, 1.82) is 0 Å². The molecule has 1 N–H and O–H groups in total. The van der Waals surface area contributed by atoms with E-state index in [9.17, 15) is 9.18 Å². The highest BCUT2D eigenvalue weighted by atomic mass is 19.1. The van der Waals surface area contributed by atoms with Gasteiger partial charge in [0.1, 0.15) is 18.0 Å². The van der Waals surface area contributed by atoms with E-state index < -0.39 is 11.8 Å². The highest BCUT2D eigenvalue weighted by Gasteiger charge is 2.20. The first-order valence-electron chi connectivity index (χ1n) is 8.04. The number of hydrogen-bond donors (Lipinski definition) is 1. The summed E-state index contributed by atoms with van der Waals surface area (Å²) < 4.78 is 25.2. The third kappa shape index (κ3) is 3.22. The Morgan fingerprint density at radius 1 is 1.33 bits per heavy atom. The smallest absolute Gasteiger partial charge is 0.343 e. The molecular weight excluding hydrogens is 353 g/mol. The quantitative estimate of drug-likeness (QED) is 0.542. The summed E-state index contributed by atoms with van der Waals surface area (Å²) >= 11 is 0. The summed E-state index contributed by atoms with van der Waals surface area (Å²) in [5.74, 6) is 0.129. The van der Waals surface area contributed by atoms with Gasteiger partial charge in [0.05, 0.1) is 6.26 Å². The van der Waals surface area contributed by atoms with Crippen LogP contribution < -0.4 is 5.32 Å². The van der Waals surface area contributed by atoms with E-state index in [-0.39, 0.29) is 17.8 Å². The van der Waals surface area contributed by atoms with Crippen LogP contribution in [0.5, 0.6) is 0 Å². The molecule has 0 spiro atoms. The Morgan fingerprint density at radius 3 is 2.96 bits per heavy atom. The number of carbonyl (C=O) groups excluding carboxylic acids is 1. The lowest BCUT2D eigenvalue weighted by Gasteiger charge is -2.07. The second-order valence-corrected chi connectivity index (χ2v) is 5.60. The fourth-order valence-corrected chi connectivity index (χ4v) is 2.55. The van der Waals surface area contributed by atoms with Crippen molar-refractivity contribution in [2.45, 2.75) is 6.61 Å². The van der Waals surface area contributed by atoms with Gasteiger partial charge in [-0.25, -0.2) is 19.2 Å². The van der Waals surface area contributed by atoms with Gasteiger partial charge < -0.3 is 14.5 Å². The summed E-state index contributed by atoms with van der Waals surface area (Å²) in [4.78, 5) is 21.1. The van der Waals surface area contributed by atoms with Crippen molar-refractivity contribution < 1.29 is 18.3 Å². The molecule has 136 valence electrons. The SMILES string of the molecule is CNc1ncc(C(=O)OCc2cccc(F)c2)c2nc(-c3ccco3)nn12. The van der Waals surface area contributed by atoms with Gasteiger partial charge >= 0.3 is 5.97 Å². The number of rotatable bonds is 5. The number of furan rings is 1. The van der Waals surface area contributed by atoms with E-state index in [1.165, 1.54) is 29.1 Å². The molecule has 3 heterocycles. The van der Waals surface area contributed by atoms with Gasteiger partial charge in [-0.15, -0.1) is 5.10 Å². The Hall–Kier alpha value is -3.75. The van der Waals surface area contributed by atoms with Crippen LogP contribution in [0.4, 0.5) is 10.3 Å². The molecule has 0 radical (unpaired) electrons. The topological polar surface area (TPSA) is 94.5 Å². The number of esters is 1. The Morgan fingerprint density at radius 2 is 2.22 bits per heavy atom. The zero-order valence-electron chi connectivity index (χ0n) is 14.2. The van der Waals surface area contributed by atoms with Crippen molar-refractivity contribution in [3.05, 3.63) is 65.8 Å². The maximum absolute atomic E-state index is 13.3. The minimum absolute atomic E-state index is 0.0737. The van der Waals surface area contributed by atoms with Crippen LogP contribution in [0.2, 0.25) is 0 Å². The maximum atomic E-state index is 13.3. The van der Waals surface area contributed by atoms with Gasteiger partial charge in [0.2, 0.25) is 11.8 Å². The van der Waals surface area contributed by atoms with Gasteiger partial charge in [0.15, 0.2) is 11.4 Å². The molecule has 0 aliphatic rings. The van der Waals surface area contributed by atoms with Crippen molar-refractivity contribution >= 4 is 17.6 Å². The Balaban J connectivity index is 1.67. The van der Waals surface area contributed by atoms with E-state index >= 15 is 0 Å². The van der Waals surface area contributed by atoms with Crippen molar-refractivity contribution in [3.63, 3.8) is 0 Å². The molecule has 0 fully saturated rings. The molecule has 0 bridgehead atoms. The van der Waals surface area contributed by atoms with E-state index in [0.29, 0.717) is 23.1 Å². The molecule has 0 aliphatic heterocycles. The predicted molar refractivity (Wildman–Crippen MR) is 93.6 cm³/mol. The fourth-order valence-electron chi connectivity index (χ4n) is 2.55. The van der Waals surface area contributed by atoms with Gasteiger partial charge in [-0.2, -0.15) is 4.52 Å². The molecule has 0 atom stereocenters. The van der Waals surface area contributed by atoms with Crippen LogP contribution >= 0.6 is 0 Å². The summed E-state index contributed by atoms with van der Waals surface area (Å²) in [7, 11) is 1.68. The Bertz CT molecular complexity index is 1110. The Labute approximate surface area is 152 Å². The van der Waals surface area contributed by atoms with Crippen LogP contribution in [0.15, 0.2) is 53.3 Å². The monoisotopic (exact) mass is 367 g/mol. The van der Waals surface area contributed by atoms with Gasteiger partial charge in [-0.1, -0.05) is 12.1 Å². The summed E-state index contributed by atoms with van der Waals surface area (Å²) in [6, 6.07) is 9.27. The standard InChI is InChI=1S/C18H14FN5O3/c1-20-18-21-9-13(17(25)27-10-11-4-2-5-12(19)8-11)16-22-15(23-24(16)18)14-6-3-7-26-14/h2-9H,10H2,1H3,(H,20,21). The van der Waals surface area contributed by atoms with Gasteiger partial charge in [-0.05, 0) is 29.8 Å². The summed E-state index contributed by atoms with van der Waals surface area (Å²) in [6.07, 6.45) is 2.86. The molecule has 0 amide bonds. The van der Waals surface area contributed by atoms with E-state index in [1.54, 1.807) is 31.3 Å². The number of benzene rings is 1. The van der Waals surface area contributed by atoms with Crippen LogP contribution in [0.25, 0.3) is 17.2 Å². The second-order valence-electron chi connectivity index (χ2n) is 5.60. The zero-order valence-corrected chi connectivity index (χ0v) is 14.2. The number of anilines is 1. The lowest BCUT2D eigenvalue weighted by molar-refractivity contribution is 0.0473. The molecular formula is C18H14FN5O3. The molecule has 3 aromatic heterocycles. The van der Waals surface area contributed by atoms with Gasteiger partial charge in [0.25, 0.3) is 0 Å². The van der Waals surface area contributed by atoms with Crippen molar-refractivity contribution in [2.24, 2.45) is 0 Å². The molecule has 4 aromatic rings. The number of ether oxygens (including phenoxy) is 1. The minimum atomic E-state index is -0.641. The van der Waals surface area contributed by atoms with Gasteiger partial charge in [0, 0.05) is 13.2 Å². The molecule has 1 aromatic carbocycles. The molecule has 0 aliphatic carbocycles. The first-order valence-corrected chi connectivity index (χ1v) is 8.04. The lowest BCUT2D eigenvalue weighted by atomic mass is 10.2. The van der Waals surface area contributed by atoms with Crippen LogP contribution in [0.3, 0.4) is 0 Å². The number of hydrogen-bond acceptors (Lipinski definition) is 7. The van der Waals surface area contributed by atoms with E-state index in [1.807, 2.05) is 0 Å². The number of halogens is 1. The third-order valence-electron chi connectivity index (χ3n) is 3.81. The predicted octanol–water partition coefficient (Wildman–Crippen LogP) is 2.92. The van der Waals surface area contributed by atoms with Crippen LogP contribution in [0, 0.1) is 5.82 Å². The number of fused-ring (bicyclic) bond motifs is 1. The molecule has 0 saturated heterocycles. The summed E-state index contributed by atoms with van der Waals surface area (Å²) in [5.41, 5.74) is 0.942. The molecule has 0 unspecified atom stereocenters. The Kier molecular flexibility index (Phi) is 4.25. The fraction of sp³-hybridized carbons (Fsp3) is 0.111. The van der Waals surface area contributed by atoms with Crippen LogP contribution in [-0.4, -0.2) is 32.6 Å². The van der Waals surface area contributed by atoms with Crippen LogP contribution in [0.1, 0.15) is 15.9 Å². The first-order chi connectivity index (χ1) is 13.2. The highest BCUT2D eigenvalue weighted by molar-refractivity contribution is 5.95.